The van der Waals surface area contributed by atoms with Crippen LogP contribution in [0.25, 0.3) is 10.8 Å². The molecule has 0 radical (unpaired) electrons. The van der Waals surface area contributed by atoms with Crippen LogP contribution in [0.3, 0.4) is 0 Å². The lowest BCUT2D eigenvalue weighted by Gasteiger charge is -2.13. The molecule has 2 N–H and O–H groups in total. The molecular weight excluding hydrogens is 342 g/mol. The Labute approximate surface area is 148 Å². The second-order valence-corrected chi connectivity index (χ2v) is 6.24. The average molecular weight is 359 g/mol. The first kappa shape index (κ1) is 17.0. The number of carbonyl (C=O) groups excluding carboxylic acids is 2. The molecule has 0 saturated heterocycles. The van der Waals surface area contributed by atoms with E-state index in [1.54, 1.807) is 36.8 Å². The molecular formula is C17H17N3O4S. The van der Waals surface area contributed by atoms with Crippen LogP contribution in [0.1, 0.15) is 18.4 Å². The first-order valence-electron chi connectivity index (χ1n) is 7.69. The summed E-state index contributed by atoms with van der Waals surface area (Å²) in [5.74, 6) is 0.776. The Morgan fingerprint density at radius 2 is 2.04 bits per heavy atom. The number of hydrogen-bond acceptors (Lipinski definition) is 6. The van der Waals surface area contributed by atoms with Crippen LogP contribution in [0.5, 0.6) is 0 Å². The van der Waals surface area contributed by atoms with E-state index in [1.165, 1.54) is 17.6 Å². The summed E-state index contributed by atoms with van der Waals surface area (Å²) in [6.07, 6.45) is 3.22. The fourth-order valence-corrected chi connectivity index (χ4v) is 2.95. The van der Waals surface area contributed by atoms with Gasteiger partial charge in [-0.25, -0.2) is 4.98 Å². The van der Waals surface area contributed by atoms with Gasteiger partial charge in [-0.2, -0.15) is 0 Å². The van der Waals surface area contributed by atoms with Gasteiger partial charge in [-0.3, -0.25) is 9.59 Å². The Morgan fingerprint density at radius 1 is 1.24 bits per heavy atom. The minimum Gasteiger partial charge on any atom is -0.467 e. The molecule has 3 heterocycles. The average Bonchev–Trinajstić information content (AvgIpc) is 3.33. The van der Waals surface area contributed by atoms with Crippen molar-refractivity contribution in [3.05, 3.63) is 53.6 Å². The van der Waals surface area contributed by atoms with Gasteiger partial charge >= 0.3 is 0 Å². The van der Waals surface area contributed by atoms with E-state index in [4.69, 9.17) is 8.83 Å². The van der Waals surface area contributed by atoms with Crippen LogP contribution in [0.4, 0.5) is 0 Å². The van der Waals surface area contributed by atoms with Crippen molar-refractivity contribution in [2.24, 2.45) is 0 Å². The summed E-state index contributed by atoms with van der Waals surface area (Å²) in [7, 11) is 0. The van der Waals surface area contributed by atoms with Gasteiger partial charge in [-0.15, -0.1) is 11.3 Å². The molecule has 2 amide bonds. The highest BCUT2D eigenvalue weighted by atomic mass is 32.1. The first-order chi connectivity index (χ1) is 12.1. The van der Waals surface area contributed by atoms with E-state index in [9.17, 15) is 9.59 Å². The van der Waals surface area contributed by atoms with Crippen LogP contribution in [-0.2, 0) is 22.6 Å². The lowest BCUT2D eigenvalue weighted by Crippen LogP contribution is -2.45. The maximum atomic E-state index is 12.1. The summed E-state index contributed by atoms with van der Waals surface area (Å²) in [4.78, 5) is 28.4. The lowest BCUT2D eigenvalue weighted by molar-refractivity contribution is -0.128. The third kappa shape index (κ3) is 4.57. The second-order valence-electron chi connectivity index (χ2n) is 5.38. The van der Waals surface area contributed by atoms with Crippen LogP contribution >= 0.6 is 11.3 Å². The Bertz CT molecular complexity index is 824. The lowest BCUT2D eigenvalue weighted by atomic mass is 10.2. The van der Waals surface area contributed by atoms with Gasteiger partial charge in [0, 0.05) is 5.38 Å². The highest BCUT2D eigenvalue weighted by molar-refractivity contribution is 7.13. The maximum absolute atomic E-state index is 12.1. The van der Waals surface area contributed by atoms with Crippen molar-refractivity contribution in [3.63, 3.8) is 0 Å². The van der Waals surface area contributed by atoms with Crippen molar-refractivity contribution >= 4 is 23.2 Å². The minimum absolute atomic E-state index is 0.104. The van der Waals surface area contributed by atoms with Crippen LogP contribution in [0, 0.1) is 0 Å². The van der Waals surface area contributed by atoms with Crippen molar-refractivity contribution in [2.75, 3.05) is 0 Å². The van der Waals surface area contributed by atoms with Crippen LogP contribution < -0.4 is 10.6 Å². The third-order valence-corrected chi connectivity index (χ3v) is 4.32. The molecule has 3 aromatic rings. The van der Waals surface area contributed by atoms with Crippen LogP contribution in [0.2, 0.25) is 0 Å². The van der Waals surface area contributed by atoms with Gasteiger partial charge in [0.15, 0.2) is 10.8 Å². The number of rotatable bonds is 7. The SMILES string of the molecule is CC(NC(=O)Cc1csc(-c2ccco2)n1)C(=O)NCc1ccco1. The molecule has 0 spiro atoms. The molecule has 0 saturated carbocycles. The van der Waals surface area contributed by atoms with Gasteiger partial charge in [0.25, 0.3) is 0 Å². The third-order valence-electron chi connectivity index (χ3n) is 3.41. The van der Waals surface area contributed by atoms with Gasteiger partial charge in [0.2, 0.25) is 11.8 Å². The van der Waals surface area contributed by atoms with E-state index in [1.807, 2.05) is 6.07 Å². The van der Waals surface area contributed by atoms with Crippen LogP contribution in [-0.4, -0.2) is 22.8 Å². The van der Waals surface area contributed by atoms with E-state index in [-0.39, 0.29) is 24.8 Å². The standard InChI is InChI=1S/C17H17N3O4S/c1-11(16(22)18-9-13-4-2-6-23-13)19-15(21)8-12-10-25-17(20-12)14-5-3-7-24-14/h2-7,10-11H,8-9H2,1H3,(H,18,22)(H,19,21). The zero-order chi connectivity index (χ0) is 17.6. The summed E-state index contributed by atoms with van der Waals surface area (Å²) in [5, 5.41) is 7.89. The van der Waals surface area contributed by atoms with E-state index in [0.29, 0.717) is 17.2 Å². The smallest absolute Gasteiger partial charge is 0.242 e. The van der Waals surface area contributed by atoms with Gasteiger partial charge in [0.05, 0.1) is 31.2 Å². The fraction of sp³-hybridized carbons (Fsp3) is 0.235. The summed E-state index contributed by atoms with van der Waals surface area (Å²) in [6, 6.07) is 6.46. The largest absolute Gasteiger partial charge is 0.467 e. The molecule has 8 heteroatoms. The minimum atomic E-state index is -0.648. The van der Waals surface area contributed by atoms with Gasteiger partial charge in [-0.05, 0) is 31.2 Å². The van der Waals surface area contributed by atoms with E-state index in [0.717, 1.165) is 5.01 Å². The molecule has 0 aliphatic heterocycles. The van der Waals surface area contributed by atoms with E-state index in [2.05, 4.69) is 15.6 Å². The predicted molar refractivity (Wildman–Crippen MR) is 91.7 cm³/mol. The number of aromatic nitrogens is 1. The number of nitrogens with one attached hydrogen (secondary N) is 2. The molecule has 0 fully saturated rings. The van der Waals surface area contributed by atoms with Gasteiger partial charge < -0.3 is 19.5 Å². The van der Waals surface area contributed by atoms with Crippen molar-refractivity contribution in [2.45, 2.75) is 25.9 Å². The second kappa shape index (κ2) is 7.80. The molecule has 1 atom stereocenters. The molecule has 3 rings (SSSR count). The highest BCUT2D eigenvalue weighted by Gasteiger charge is 2.17. The number of carbonyl (C=O) groups is 2. The number of furan rings is 2. The van der Waals surface area contributed by atoms with Crippen molar-refractivity contribution < 1.29 is 18.4 Å². The van der Waals surface area contributed by atoms with E-state index >= 15 is 0 Å². The maximum Gasteiger partial charge on any atom is 0.242 e. The molecule has 7 nitrogen and oxygen atoms in total. The molecule has 0 aliphatic carbocycles. The molecule has 0 bridgehead atoms. The van der Waals surface area contributed by atoms with Gasteiger partial charge in [-0.1, -0.05) is 0 Å². The van der Waals surface area contributed by atoms with Crippen molar-refractivity contribution in [1.29, 1.82) is 0 Å². The number of hydrogen-bond donors (Lipinski definition) is 2. The van der Waals surface area contributed by atoms with Crippen molar-refractivity contribution in [3.8, 4) is 10.8 Å². The zero-order valence-corrected chi connectivity index (χ0v) is 14.3. The summed E-state index contributed by atoms with van der Waals surface area (Å²) >= 11 is 1.41. The highest BCUT2D eigenvalue weighted by Crippen LogP contribution is 2.24. The summed E-state index contributed by atoms with van der Waals surface area (Å²) in [6.45, 7) is 1.91. The summed E-state index contributed by atoms with van der Waals surface area (Å²) in [5.41, 5.74) is 0.636. The monoisotopic (exact) mass is 359 g/mol. The number of nitrogens with zero attached hydrogens (tertiary/aromatic N) is 1. The topological polar surface area (TPSA) is 97.4 Å². The molecule has 3 aromatic heterocycles. The van der Waals surface area contributed by atoms with E-state index < -0.39 is 6.04 Å². The summed E-state index contributed by atoms with van der Waals surface area (Å²) < 4.78 is 10.4. The number of thiazole rings is 1. The molecule has 0 aliphatic rings. The molecule has 0 aromatic carbocycles. The Morgan fingerprint density at radius 3 is 2.76 bits per heavy atom. The van der Waals surface area contributed by atoms with Crippen molar-refractivity contribution in [1.82, 2.24) is 15.6 Å². The number of amides is 2. The molecule has 1 unspecified atom stereocenters. The Balaban J connectivity index is 1.47. The van der Waals surface area contributed by atoms with Gasteiger partial charge in [0.1, 0.15) is 11.8 Å². The molecule has 130 valence electrons. The predicted octanol–water partition coefficient (Wildman–Crippen LogP) is 2.36. The first-order valence-corrected chi connectivity index (χ1v) is 8.57. The quantitative estimate of drug-likeness (QED) is 0.675. The van der Waals surface area contributed by atoms with Crippen LogP contribution in [0.15, 0.2) is 51.0 Å². The fourth-order valence-electron chi connectivity index (χ4n) is 2.16. The normalized spacial score (nSPS) is 11.9. The Kier molecular flexibility index (Phi) is 5.30. The Hall–Kier alpha value is -2.87. The molecule has 25 heavy (non-hydrogen) atoms. The zero-order valence-electron chi connectivity index (χ0n) is 13.5.